The van der Waals surface area contributed by atoms with Gasteiger partial charge in [0.25, 0.3) is 0 Å². The van der Waals surface area contributed by atoms with Crippen molar-refractivity contribution in [3.63, 3.8) is 0 Å². The van der Waals surface area contributed by atoms with Crippen LogP contribution in [0.15, 0.2) is 42.7 Å². The molecule has 138 valence electrons. The Hall–Kier alpha value is -2.60. The second-order valence-corrected chi connectivity index (χ2v) is 6.38. The number of piperidine rings is 1. The van der Waals surface area contributed by atoms with Gasteiger partial charge in [-0.1, -0.05) is 12.5 Å². The van der Waals surface area contributed by atoms with Crippen LogP contribution in [0.2, 0.25) is 0 Å². The largest absolute Gasteiger partial charge is 0.497 e. The zero-order valence-corrected chi connectivity index (χ0v) is 15.1. The third kappa shape index (κ3) is 3.65. The van der Waals surface area contributed by atoms with Crippen molar-refractivity contribution in [1.82, 2.24) is 9.88 Å². The minimum Gasteiger partial charge on any atom is -0.497 e. The van der Waals surface area contributed by atoms with Crippen LogP contribution in [-0.2, 0) is 4.79 Å². The summed E-state index contributed by atoms with van der Waals surface area (Å²) < 4.78 is 11.0. The quantitative estimate of drug-likeness (QED) is 0.857. The molecule has 0 aliphatic carbocycles. The molecule has 1 aromatic carbocycles. The highest BCUT2D eigenvalue weighted by Gasteiger charge is 2.36. The molecular formula is C20H24N2O4. The van der Waals surface area contributed by atoms with E-state index >= 15 is 0 Å². The average molecular weight is 356 g/mol. The Balaban J connectivity index is 2.14. The van der Waals surface area contributed by atoms with E-state index in [1.54, 1.807) is 26.6 Å². The Labute approximate surface area is 153 Å². The number of carboxylic acid groups (broad SMARTS) is 1. The van der Waals surface area contributed by atoms with E-state index < -0.39 is 12.0 Å². The van der Waals surface area contributed by atoms with E-state index in [0.717, 1.165) is 24.0 Å². The van der Waals surface area contributed by atoms with Crippen LogP contribution in [0.25, 0.3) is 0 Å². The van der Waals surface area contributed by atoms with Gasteiger partial charge in [-0.15, -0.1) is 0 Å². The number of pyridine rings is 1. The molecule has 1 aliphatic heterocycles. The third-order valence-corrected chi connectivity index (χ3v) is 4.89. The van der Waals surface area contributed by atoms with Gasteiger partial charge in [0.05, 0.1) is 20.3 Å². The maximum Gasteiger partial charge on any atom is 0.320 e. The number of hydrogen-bond acceptors (Lipinski definition) is 5. The maximum atomic E-state index is 11.9. The first-order chi connectivity index (χ1) is 12.7. The Morgan fingerprint density at radius 3 is 2.77 bits per heavy atom. The van der Waals surface area contributed by atoms with E-state index in [-0.39, 0.29) is 6.04 Å². The van der Waals surface area contributed by atoms with E-state index in [2.05, 4.69) is 4.98 Å². The van der Waals surface area contributed by atoms with Gasteiger partial charge in [0.15, 0.2) is 0 Å². The van der Waals surface area contributed by atoms with E-state index in [9.17, 15) is 9.90 Å². The van der Waals surface area contributed by atoms with E-state index in [1.165, 1.54) is 0 Å². The summed E-state index contributed by atoms with van der Waals surface area (Å²) in [7, 11) is 3.24. The first-order valence-electron chi connectivity index (χ1n) is 8.76. The predicted octanol–water partition coefficient (Wildman–Crippen LogP) is 3.13. The van der Waals surface area contributed by atoms with Crippen LogP contribution < -0.4 is 9.47 Å². The number of carbonyl (C=O) groups is 1. The minimum absolute atomic E-state index is 0.268. The molecule has 1 fully saturated rings. The second kappa shape index (κ2) is 8.19. The van der Waals surface area contributed by atoms with Crippen molar-refractivity contribution in [1.29, 1.82) is 0 Å². The molecule has 2 unspecified atom stereocenters. The molecule has 0 saturated carbocycles. The molecule has 0 bridgehead atoms. The Bertz CT molecular complexity index is 751. The van der Waals surface area contributed by atoms with Crippen molar-refractivity contribution in [3.8, 4) is 11.5 Å². The molecule has 26 heavy (non-hydrogen) atoms. The van der Waals surface area contributed by atoms with Crippen LogP contribution in [0.5, 0.6) is 11.5 Å². The summed E-state index contributed by atoms with van der Waals surface area (Å²) in [6.45, 7) is 0.705. The van der Waals surface area contributed by atoms with Gasteiger partial charge >= 0.3 is 5.97 Å². The molecule has 1 aromatic heterocycles. The number of aliphatic carboxylic acids is 1. The summed E-state index contributed by atoms with van der Waals surface area (Å²) in [4.78, 5) is 18.2. The summed E-state index contributed by atoms with van der Waals surface area (Å²) in [5.74, 6) is 0.619. The standard InChI is InChI=1S/C20H24N2O4/c1-25-15-8-9-18(26-2)16(12-15)19(14-6-5-10-21-13-14)22-11-4-3-7-17(22)20(23)24/h5-6,8-10,12-13,17,19H,3-4,7,11H2,1-2H3,(H,23,24). The number of methoxy groups -OCH3 is 2. The van der Waals surface area contributed by atoms with Gasteiger partial charge in [0.2, 0.25) is 0 Å². The summed E-state index contributed by atoms with van der Waals surface area (Å²) in [6, 6.07) is 8.66. The van der Waals surface area contributed by atoms with Crippen LogP contribution in [0.4, 0.5) is 0 Å². The number of nitrogens with zero attached hydrogens (tertiary/aromatic N) is 2. The maximum absolute atomic E-state index is 11.9. The second-order valence-electron chi connectivity index (χ2n) is 6.38. The number of rotatable bonds is 6. The fraction of sp³-hybridized carbons (Fsp3) is 0.400. The zero-order chi connectivity index (χ0) is 18.5. The fourth-order valence-electron chi connectivity index (χ4n) is 3.67. The average Bonchev–Trinajstić information content (AvgIpc) is 2.69. The number of benzene rings is 1. The van der Waals surface area contributed by atoms with Gasteiger partial charge in [-0.05, 0) is 49.2 Å². The molecule has 2 atom stereocenters. The highest BCUT2D eigenvalue weighted by atomic mass is 16.5. The number of likely N-dealkylation sites (tertiary alicyclic amines) is 1. The van der Waals surface area contributed by atoms with Gasteiger partial charge in [-0.25, -0.2) is 0 Å². The summed E-state index contributed by atoms with van der Waals surface area (Å²) >= 11 is 0. The van der Waals surface area contributed by atoms with Gasteiger partial charge in [0.1, 0.15) is 17.5 Å². The SMILES string of the molecule is COc1ccc(OC)c(C(c2cccnc2)N2CCCCC2C(=O)O)c1. The van der Waals surface area contributed by atoms with E-state index in [4.69, 9.17) is 9.47 Å². The van der Waals surface area contributed by atoms with Crippen LogP contribution in [0, 0.1) is 0 Å². The fourth-order valence-corrected chi connectivity index (χ4v) is 3.67. The Morgan fingerprint density at radius 1 is 1.27 bits per heavy atom. The van der Waals surface area contributed by atoms with E-state index in [1.807, 2.05) is 35.2 Å². The molecular weight excluding hydrogens is 332 g/mol. The zero-order valence-electron chi connectivity index (χ0n) is 15.1. The molecule has 0 amide bonds. The third-order valence-electron chi connectivity index (χ3n) is 4.89. The lowest BCUT2D eigenvalue weighted by Crippen LogP contribution is -2.46. The van der Waals surface area contributed by atoms with Crippen molar-refractivity contribution >= 4 is 5.97 Å². The molecule has 3 rings (SSSR count). The predicted molar refractivity (Wildman–Crippen MR) is 97.6 cm³/mol. The van der Waals surface area contributed by atoms with Crippen molar-refractivity contribution in [2.24, 2.45) is 0 Å². The first-order valence-corrected chi connectivity index (χ1v) is 8.76. The minimum atomic E-state index is -0.791. The molecule has 1 N–H and O–H groups in total. The molecule has 6 nitrogen and oxygen atoms in total. The van der Waals surface area contributed by atoms with Gasteiger partial charge in [-0.3, -0.25) is 14.7 Å². The molecule has 1 saturated heterocycles. The number of aromatic nitrogens is 1. The molecule has 0 spiro atoms. The van der Waals surface area contributed by atoms with Crippen molar-refractivity contribution in [2.75, 3.05) is 20.8 Å². The smallest absolute Gasteiger partial charge is 0.320 e. The normalized spacial score (nSPS) is 18.9. The molecule has 6 heteroatoms. The lowest BCUT2D eigenvalue weighted by Gasteiger charge is -2.39. The lowest BCUT2D eigenvalue weighted by atomic mass is 9.92. The van der Waals surface area contributed by atoms with E-state index in [0.29, 0.717) is 24.5 Å². The number of hydrogen-bond donors (Lipinski definition) is 1. The Morgan fingerprint density at radius 2 is 2.12 bits per heavy atom. The monoisotopic (exact) mass is 356 g/mol. The molecule has 2 heterocycles. The van der Waals surface area contributed by atoms with Gasteiger partial charge in [0, 0.05) is 18.0 Å². The van der Waals surface area contributed by atoms with Crippen LogP contribution in [0.3, 0.4) is 0 Å². The lowest BCUT2D eigenvalue weighted by molar-refractivity contribution is -0.145. The van der Waals surface area contributed by atoms with Crippen molar-refractivity contribution in [2.45, 2.75) is 31.3 Å². The van der Waals surface area contributed by atoms with Gasteiger partial charge < -0.3 is 14.6 Å². The van der Waals surface area contributed by atoms with Crippen LogP contribution in [0.1, 0.15) is 36.4 Å². The summed E-state index contributed by atoms with van der Waals surface area (Å²) in [6.07, 6.45) is 6.03. The van der Waals surface area contributed by atoms with Crippen LogP contribution in [-0.4, -0.2) is 47.8 Å². The first kappa shape index (κ1) is 18.2. The topological polar surface area (TPSA) is 71.9 Å². The van der Waals surface area contributed by atoms with Gasteiger partial charge in [-0.2, -0.15) is 0 Å². The Kier molecular flexibility index (Phi) is 5.73. The summed E-state index contributed by atoms with van der Waals surface area (Å²) in [5, 5.41) is 9.77. The number of ether oxygens (including phenoxy) is 2. The molecule has 0 radical (unpaired) electrons. The number of carboxylic acids is 1. The molecule has 2 aromatic rings. The molecule has 1 aliphatic rings. The van der Waals surface area contributed by atoms with Crippen molar-refractivity contribution < 1.29 is 19.4 Å². The highest BCUT2D eigenvalue weighted by molar-refractivity contribution is 5.73. The van der Waals surface area contributed by atoms with Crippen molar-refractivity contribution in [3.05, 3.63) is 53.9 Å². The summed E-state index contributed by atoms with van der Waals surface area (Å²) in [5.41, 5.74) is 1.82. The highest BCUT2D eigenvalue weighted by Crippen LogP contribution is 2.39. The van der Waals surface area contributed by atoms with Crippen LogP contribution >= 0.6 is 0 Å².